The summed E-state index contributed by atoms with van der Waals surface area (Å²) in [5, 5.41) is 9.16. The Balaban J connectivity index is 2.38. The van der Waals surface area contributed by atoms with Crippen LogP contribution in [0.1, 0.15) is 35.3 Å². The van der Waals surface area contributed by atoms with Crippen LogP contribution >= 0.6 is 0 Å². The Hall–Kier alpha value is -2.75. The number of carbonyl (C=O) groups is 1. The number of ether oxygens (including phenoxy) is 1. The second-order valence-corrected chi connectivity index (χ2v) is 5.25. The van der Waals surface area contributed by atoms with Crippen molar-refractivity contribution in [2.75, 3.05) is 6.61 Å². The zero-order valence-electron chi connectivity index (χ0n) is 12.2. The van der Waals surface area contributed by atoms with Crippen molar-refractivity contribution in [1.82, 2.24) is 4.57 Å². The lowest BCUT2D eigenvalue weighted by Crippen LogP contribution is -2.21. The van der Waals surface area contributed by atoms with E-state index in [0.717, 1.165) is 12.3 Å². The van der Waals surface area contributed by atoms with E-state index in [4.69, 9.17) is 4.74 Å². The molecular formula is C16H12F2N2O3. The van der Waals surface area contributed by atoms with Gasteiger partial charge in [0.25, 0.3) is 0 Å². The molecule has 1 aromatic heterocycles. The minimum absolute atomic E-state index is 0.00685. The lowest BCUT2D eigenvalue weighted by Gasteiger charge is -2.13. The molecule has 5 nitrogen and oxygen atoms in total. The summed E-state index contributed by atoms with van der Waals surface area (Å²) < 4.78 is 33.5. The van der Waals surface area contributed by atoms with E-state index in [0.29, 0.717) is 0 Å². The lowest BCUT2D eigenvalue weighted by atomic mass is 10.1. The van der Waals surface area contributed by atoms with Gasteiger partial charge >= 0.3 is 5.97 Å². The number of halogens is 2. The van der Waals surface area contributed by atoms with Crippen LogP contribution in [0, 0.1) is 17.1 Å². The van der Waals surface area contributed by atoms with Crippen molar-refractivity contribution >= 4 is 16.9 Å². The Labute approximate surface area is 129 Å². The summed E-state index contributed by atoms with van der Waals surface area (Å²) >= 11 is 0. The standard InChI is InChI=1S/C16H12F2N2O3/c1-2-23-16(22)10-7-20(13-5-12(13)18)14-8(15(10)21)3-4-11(17)9(14)6-19/h3-4,7,12-13H,2,5H2,1H3/t12-,13-/m1/s1. The van der Waals surface area contributed by atoms with Crippen molar-refractivity contribution in [2.24, 2.45) is 0 Å². The van der Waals surface area contributed by atoms with Crippen LogP contribution in [-0.4, -0.2) is 23.3 Å². The van der Waals surface area contributed by atoms with Gasteiger partial charge in [0.05, 0.1) is 18.2 Å². The fourth-order valence-electron chi connectivity index (χ4n) is 2.59. The van der Waals surface area contributed by atoms with Gasteiger partial charge < -0.3 is 9.30 Å². The third kappa shape index (κ3) is 2.36. The molecule has 3 rings (SSSR count). The van der Waals surface area contributed by atoms with Crippen molar-refractivity contribution in [3.05, 3.63) is 45.5 Å². The number of esters is 1. The van der Waals surface area contributed by atoms with Crippen LogP contribution in [-0.2, 0) is 4.74 Å². The number of carbonyl (C=O) groups excluding carboxylic acids is 1. The van der Waals surface area contributed by atoms with Gasteiger partial charge in [-0.3, -0.25) is 4.79 Å². The number of nitrogens with zero attached hydrogens (tertiary/aromatic N) is 2. The Morgan fingerprint density at radius 3 is 2.78 bits per heavy atom. The SMILES string of the molecule is CCOC(=O)c1cn([C@@H]2C[C@H]2F)c2c(C#N)c(F)ccc2c1=O. The van der Waals surface area contributed by atoms with Gasteiger partial charge in [0, 0.05) is 18.0 Å². The van der Waals surface area contributed by atoms with E-state index in [2.05, 4.69) is 0 Å². The zero-order valence-corrected chi connectivity index (χ0v) is 12.2. The minimum Gasteiger partial charge on any atom is -0.462 e. The summed E-state index contributed by atoms with van der Waals surface area (Å²) in [6.07, 6.45) is 0.181. The predicted molar refractivity (Wildman–Crippen MR) is 77.4 cm³/mol. The van der Waals surface area contributed by atoms with E-state index < -0.39 is 29.4 Å². The number of hydrogen-bond donors (Lipinski definition) is 0. The van der Waals surface area contributed by atoms with Crippen molar-refractivity contribution in [2.45, 2.75) is 25.6 Å². The Kier molecular flexibility index (Phi) is 3.60. The van der Waals surface area contributed by atoms with Gasteiger partial charge in [-0.2, -0.15) is 5.26 Å². The Morgan fingerprint density at radius 2 is 2.22 bits per heavy atom. The highest BCUT2D eigenvalue weighted by Gasteiger charge is 2.40. The van der Waals surface area contributed by atoms with Crippen LogP contribution in [0.2, 0.25) is 0 Å². The molecule has 0 amide bonds. The van der Waals surface area contributed by atoms with Gasteiger partial charge in [-0.25, -0.2) is 13.6 Å². The molecular weight excluding hydrogens is 306 g/mol. The van der Waals surface area contributed by atoms with Gasteiger partial charge in [0.15, 0.2) is 0 Å². The Morgan fingerprint density at radius 1 is 1.52 bits per heavy atom. The van der Waals surface area contributed by atoms with Gasteiger partial charge in [0.2, 0.25) is 5.43 Å². The quantitative estimate of drug-likeness (QED) is 0.815. The maximum Gasteiger partial charge on any atom is 0.343 e. The third-order valence-corrected chi connectivity index (χ3v) is 3.79. The first-order valence-corrected chi connectivity index (χ1v) is 7.08. The lowest BCUT2D eigenvalue weighted by molar-refractivity contribution is 0.0524. The second-order valence-electron chi connectivity index (χ2n) is 5.25. The highest BCUT2D eigenvalue weighted by molar-refractivity contribution is 5.95. The molecule has 1 aliphatic rings. The predicted octanol–water partition coefficient (Wildman–Crippen LogP) is 2.47. The summed E-state index contributed by atoms with van der Waals surface area (Å²) in [5.74, 6) is -1.62. The van der Waals surface area contributed by atoms with Gasteiger partial charge in [-0.1, -0.05) is 0 Å². The van der Waals surface area contributed by atoms with Gasteiger partial charge in [0.1, 0.15) is 29.2 Å². The van der Waals surface area contributed by atoms with Gasteiger partial charge in [-0.15, -0.1) is 0 Å². The van der Waals surface area contributed by atoms with Crippen molar-refractivity contribution in [1.29, 1.82) is 5.26 Å². The van der Waals surface area contributed by atoms with E-state index in [9.17, 15) is 23.6 Å². The maximum absolute atomic E-state index is 13.9. The number of nitriles is 1. The van der Waals surface area contributed by atoms with Crippen LogP contribution in [0.25, 0.3) is 10.9 Å². The highest BCUT2D eigenvalue weighted by Crippen LogP contribution is 2.41. The third-order valence-electron chi connectivity index (χ3n) is 3.79. The van der Waals surface area contributed by atoms with E-state index in [1.54, 1.807) is 13.0 Å². The molecule has 0 unspecified atom stereocenters. The number of rotatable bonds is 3. The molecule has 1 heterocycles. The molecule has 1 fully saturated rings. The normalized spacial score (nSPS) is 19.4. The Bertz CT molecular complexity index is 914. The molecule has 7 heteroatoms. The average Bonchev–Trinajstić information content (AvgIpc) is 3.24. The molecule has 2 atom stereocenters. The first-order valence-electron chi connectivity index (χ1n) is 7.08. The van der Waals surface area contributed by atoms with Crippen LogP contribution in [0.5, 0.6) is 0 Å². The van der Waals surface area contributed by atoms with E-state index >= 15 is 0 Å². The summed E-state index contributed by atoms with van der Waals surface area (Å²) in [6, 6.07) is 3.26. The fraction of sp³-hybridized carbons (Fsp3) is 0.312. The molecule has 23 heavy (non-hydrogen) atoms. The number of benzene rings is 1. The monoisotopic (exact) mass is 318 g/mol. The number of hydrogen-bond acceptors (Lipinski definition) is 4. The van der Waals surface area contributed by atoms with Crippen LogP contribution in [0.3, 0.4) is 0 Å². The van der Waals surface area contributed by atoms with E-state index in [1.807, 2.05) is 0 Å². The highest BCUT2D eigenvalue weighted by atomic mass is 19.1. The van der Waals surface area contributed by atoms with Crippen LogP contribution in [0.15, 0.2) is 23.1 Å². The molecule has 0 aliphatic heterocycles. The fourth-order valence-corrected chi connectivity index (χ4v) is 2.59. The largest absolute Gasteiger partial charge is 0.462 e. The minimum atomic E-state index is -1.16. The summed E-state index contributed by atoms with van der Waals surface area (Å²) in [4.78, 5) is 24.4. The molecule has 2 aromatic rings. The first-order chi connectivity index (χ1) is 11.0. The molecule has 0 spiro atoms. The second kappa shape index (κ2) is 5.47. The summed E-state index contributed by atoms with van der Waals surface area (Å²) in [5.41, 5.74) is -1.25. The molecule has 0 N–H and O–H groups in total. The number of aromatic nitrogens is 1. The number of alkyl halides is 1. The molecule has 1 aromatic carbocycles. The molecule has 0 radical (unpaired) electrons. The topological polar surface area (TPSA) is 72.1 Å². The van der Waals surface area contributed by atoms with Crippen LogP contribution in [0.4, 0.5) is 8.78 Å². The van der Waals surface area contributed by atoms with E-state index in [1.165, 1.54) is 10.6 Å². The molecule has 118 valence electrons. The first kappa shape index (κ1) is 15.2. The van der Waals surface area contributed by atoms with Crippen molar-refractivity contribution in [3.8, 4) is 6.07 Å². The smallest absolute Gasteiger partial charge is 0.343 e. The number of pyridine rings is 1. The zero-order chi connectivity index (χ0) is 16.7. The van der Waals surface area contributed by atoms with Gasteiger partial charge in [-0.05, 0) is 19.1 Å². The number of fused-ring (bicyclic) bond motifs is 1. The van der Waals surface area contributed by atoms with E-state index in [-0.39, 0.29) is 35.1 Å². The van der Waals surface area contributed by atoms with Crippen molar-refractivity contribution in [3.63, 3.8) is 0 Å². The molecule has 1 aliphatic carbocycles. The maximum atomic E-state index is 13.9. The van der Waals surface area contributed by atoms with Crippen LogP contribution < -0.4 is 5.43 Å². The molecule has 0 saturated heterocycles. The van der Waals surface area contributed by atoms with Crippen molar-refractivity contribution < 1.29 is 18.3 Å². The summed E-state index contributed by atoms with van der Waals surface area (Å²) in [6.45, 7) is 1.68. The molecule has 0 bridgehead atoms. The summed E-state index contributed by atoms with van der Waals surface area (Å²) in [7, 11) is 0. The average molecular weight is 318 g/mol. The molecule has 1 saturated carbocycles.